The van der Waals surface area contributed by atoms with Gasteiger partial charge in [0, 0.05) is 11.2 Å². The molecule has 1 unspecified atom stereocenters. The molecule has 0 saturated carbocycles. The van der Waals surface area contributed by atoms with Gasteiger partial charge in [-0.05, 0) is 68.6 Å². The molecule has 3 rings (SSSR count). The average Bonchev–Trinajstić information content (AvgIpc) is 3.11. The summed E-state index contributed by atoms with van der Waals surface area (Å²) in [7, 11) is 0. The highest BCUT2D eigenvalue weighted by Crippen LogP contribution is 2.26. The Morgan fingerprint density at radius 2 is 2.17 bits per heavy atom. The van der Waals surface area contributed by atoms with Crippen LogP contribution >= 0.6 is 11.3 Å². The molecule has 4 nitrogen and oxygen atoms in total. The van der Waals surface area contributed by atoms with Gasteiger partial charge in [-0.1, -0.05) is 0 Å². The lowest BCUT2D eigenvalue weighted by atomic mass is 10.2. The van der Waals surface area contributed by atoms with Gasteiger partial charge in [0.15, 0.2) is 0 Å². The molecule has 0 N–H and O–H groups in total. The molecule has 2 aromatic rings. The van der Waals surface area contributed by atoms with Crippen LogP contribution in [0.1, 0.15) is 33.6 Å². The molecule has 1 saturated heterocycles. The van der Waals surface area contributed by atoms with E-state index in [0.29, 0.717) is 6.61 Å². The topological polar surface area (TPSA) is 38.8 Å². The van der Waals surface area contributed by atoms with Crippen molar-refractivity contribution < 1.29 is 14.3 Å². The molecule has 124 valence electrons. The minimum Gasteiger partial charge on any atom is -0.491 e. The Morgan fingerprint density at radius 1 is 1.35 bits per heavy atom. The van der Waals surface area contributed by atoms with Crippen molar-refractivity contribution in [2.24, 2.45) is 0 Å². The first-order valence-electron chi connectivity index (χ1n) is 8.02. The van der Waals surface area contributed by atoms with Crippen molar-refractivity contribution in [2.75, 3.05) is 13.2 Å². The molecular weight excluding hydrogens is 310 g/mol. The Bertz CT molecular complexity index is 689. The lowest BCUT2D eigenvalue weighted by molar-refractivity contribution is 0.0187. The quantitative estimate of drug-likeness (QED) is 0.818. The Labute approximate surface area is 141 Å². The molecule has 1 amide bonds. The molecule has 1 aromatic heterocycles. The molecule has 1 atom stereocenters. The zero-order valence-electron chi connectivity index (χ0n) is 13.9. The largest absolute Gasteiger partial charge is 0.491 e. The number of carbonyl (C=O) groups is 1. The van der Waals surface area contributed by atoms with Gasteiger partial charge in [-0.3, -0.25) is 0 Å². The van der Waals surface area contributed by atoms with Crippen LogP contribution in [0.2, 0.25) is 0 Å². The molecule has 2 heterocycles. The Kier molecular flexibility index (Phi) is 4.48. The first kappa shape index (κ1) is 16.1. The average molecular weight is 333 g/mol. The van der Waals surface area contributed by atoms with Gasteiger partial charge in [0.25, 0.3) is 0 Å². The fraction of sp³-hybridized carbons (Fsp3) is 0.500. The number of fused-ring (bicyclic) bond motifs is 1. The second-order valence-electron chi connectivity index (χ2n) is 6.90. The SMILES string of the molecule is CC(C)(C)OC(=O)N1CCCC1COc1ccc2sccc2c1. The van der Waals surface area contributed by atoms with Gasteiger partial charge < -0.3 is 14.4 Å². The normalized spacial score (nSPS) is 18.4. The van der Waals surface area contributed by atoms with Crippen LogP contribution in [-0.4, -0.2) is 35.8 Å². The molecule has 23 heavy (non-hydrogen) atoms. The number of ether oxygens (including phenoxy) is 2. The number of amides is 1. The Balaban J connectivity index is 1.61. The number of likely N-dealkylation sites (tertiary alicyclic amines) is 1. The molecule has 0 spiro atoms. The van der Waals surface area contributed by atoms with E-state index in [1.165, 1.54) is 10.1 Å². The lowest BCUT2D eigenvalue weighted by Gasteiger charge is -2.28. The summed E-state index contributed by atoms with van der Waals surface area (Å²) in [6.45, 7) is 6.93. The van der Waals surface area contributed by atoms with Gasteiger partial charge in [-0.25, -0.2) is 4.79 Å². The minimum absolute atomic E-state index is 0.0861. The van der Waals surface area contributed by atoms with Crippen LogP contribution in [-0.2, 0) is 4.74 Å². The summed E-state index contributed by atoms with van der Waals surface area (Å²) in [5, 5.41) is 3.28. The lowest BCUT2D eigenvalue weighted by Crippen LogP contribution is -2.42. The molecule has 0 radical (unpaired) electrons. The zero-order valence-corrected chi connectivity index (χ0v) is 14.7. The van der Waals surface area contributed by atoms with Crippen LogP contribution in [0.3, 0.4) is 0 Å². The molecule has 1 aromatic carbocycles. The highest BCUT2D eigenvalue weighted by atomic mass is 32.1. The van der Waals surface area contributed by atoms with Gasteiger partial charge in [0.05, 0.1) is 6.04 Å². The number of benzene rings is 1. The smallest absolute Gasteiger partial charge is 0.410 e. The van der Waals surface area contributed by atoms with Gasteiger partial charge in [0.2, 0.25) is 0 Å². The number of rotatable bonds is 3. The van der Waals surface area contributed by atoms with E-state index in [1.54, 1.807) is 16.2 Å². The number of carbonyl (C=O) groups excluding carboxylic acids is 1. The van der Waals surface area contributed by atoms with E-state index in [-0.39, 0.29) is 12.1 Å². The first-order chi connectivity index (χ1) is 10.9. The number of thiophene rings is 1. The number of nitrogens with zero attached hydrogens (tertiary/aromatic N) is 1. The predicted octanol–water partition coefficient (Wildman–Crippen LogP) is 4.68. The summed E-state index contributed by atoms with van der Waals surface area (Å²) < 4.78 is 12.7. The third kappa shape index (κ3) is 3.96. The van der Waals surface area contributed by atoms with Crippen LogP contribution in [0.25, 0.3) is 10.1 Å². The van der Waals surface area contributed by atoms with Crippen molar-refractivity contribution in [2.45, 2.75) is 45.3 Å². The van der Waals surface area contributed by atoms with Gasteiger partial charge in [-0.2, -0.15) is 0 Å². The summed E-state index contributed by atoms with van der Waals surface area (Å²) in [5.41, 5.74) is -0.463. The van der Waals surface area contributed by atoms with E-state index >= 15 is 0 Å². The maximum atomic E-state index is 12.3. The summed E-state index contributed by atoms with van der Waals surface area (Å²) in [6.07, 6.45) is 1.72. The predicted molar refractivity (Wildman–Crippen MR) is 93.3 cm³/mol. The summed E-state index contributed by atoms with van der Waals surface area (Å²) >= 11 is 1.72. The Morgan fingerprint density at radius 3 is 2.96 bits per heavy atom. The molecule has 1 aliphatic rings. The number of hydrogen-bond donors (Lipinski definition) is 0. The van der Waals surface area contributed by atoms with Crippen LogP contribution in [0.5, 0.6) is 5.75 Å². The van der Waals surface area contributed by atoms with Crippen molar-refractivity contribution in [3.63, 3.8) is 0 Å². The molecule has 0 aliphatic carbocycles. The van der Waals surface area contributed by atoms with E-state index in [2.05, 4.69) is 23.6 Å². The first-order valence-corrected chi connectivity index (χ1v) is 8.90. The maximum absolute atomic E-state index is 12.3. The van der Waals surface area contributed by atoms with E-state index in [0.717, 1.165) is 25.1 Å². The van der Waals surface area contributed by atoms with Crippen molar-refractivity contribution in [3.8, 4) is 5.75 Å². The maximum Gasteiger partial charge on any atom is 0.410 e. The van der Waals surface area contributed by atoms with E-state index < -0.39 is 5.60 Å². The highest BCUT2D eigenvalue weighted by molar-refractivity contribution is 7.17. The van der Waals surface area contributed by atoms with Crippen molar-refractivity contribution >= 4 is 27.5 Å². The summed E-state index contributed by atoms with van der Waals surface area (Å²) in [6, 6.07) is 8.30. The van der Waals surface area contributed by atoms with E-state index in [4.69, 9.17) is 9.47 Å². The van der Waals surface area contributed by atoms with E-state index in [1.807, 2.05) is 26.8 Å². The standard InChI is InChI=1S/C18H23NO3S/c1-18(2,3)22-17(20)19-9-4-5-14(19)12-21-15-6-7-16-13(11-15)8-10-23-16/h6-8,10-11,14H,4-5,9,12H2,1-3H3. The van der Waals surface area contributed by atoms with Crippen molar-refractivity contribution in [1.82, 2.24) is 4.90 Å². The summed E-state index contributed by atoms with van der Waals surface area (Å²) in [4.78, 5) is 14.1. The Hall–Kier alpha value is -1.75. The van der Waals surface area contributed by atoms with Crippen molar-refractivity contribution in [1.29, 1.82) is 0 Å². The minimum atomic E-state index is -0.463. The van der Waals surface area contributed by atoms with Crippen LogP contribution in [0.4, 0.5) is 4.79 Å². The van der Waals surface area contributed by atoms with Crippen molar-refractivity contribution in [3.05, 3.63) is 29.6 Å². The van der Waals surface area contributed by atoms with E-state index in [9.17, 15) is 4.79 Å². The third-order valence-corrected chi connectivity index (χ3v) is 4.77. The van der Waals surface area contributed by atoms with Gasteiger partial charge >= 0.3 is 6.09 Å². The van der Waals surface area contributed by atoms with Crippen LogP contribution in [0, 0.1) is 0 Å². The molecule has 0 bridgehead atoms. The second kappa shape index (κ2) is 6.40. The molecule has 5 heteroatoms. The summed E-state index contributed by atoms with van der Waals surface area (Å²) in [5.74, 6) is 0.854. The zero-order chi connectivity index (χ0) is 16.4. The van der Waals surface area contributed by atoms with Gasteiger partial charge in [-0.15, -0.1) is 11.3 Å². The highest BCUT2D eigenvalue weighted by Gasteiger charge is 2.32. The molecule has 1 aliphatic heterocycles. The third-order valence-electron chi connectivity index (χ3n) is 3.87. The number of hydrogen-bond acceptors (Lipinski definition) is 4. The van der Waals surface area contributed by atoms with Gasteiger partial charge in [0.1, 0.15) is 18.0 Å². The molecule has 1 fully saturated rings. The van der Waals surface area contributed by atoms with Crippen LogP contribution < -0.4 is 4.74 Å². The fourth-order valence-corrected chi connectivity index (χ4v) is 3.57. The monoisotopic (exact) mass is 333 g/mol. The molecular formula is C18H23NO3S. The fourth-order valence-electron chi connectivity index (χ4n) is 2.80. The second-order valence-corrected chi connectivity index (χ2v) is 7.85. The van der Waals surface area contributed by atoms with Crippen LogP contribution in [0.15, 0.2) is 29.6 Å².